The Labute approximate surface area is 177 Å². The second-order valence-corrected chi connectivity index (χ2v) is 10.5. The van der Waals surface area contributed by atoms with Crippen molar-refractivity contribution in [2.75, 3.05) is 18.5 Å². The van der Waals surface area contributed by atoms with E-state index in [1.54, 1.807) is 0 Å². The van der Waals surface area contributed by atoms with Gasteiger partial charge in [-0.1, -0.05) is 19.9 Å². The molecule has 0 fully saturated rings. The zero-order valence-corrected chi connectivity index (χ0v) is 18.2. The number of rotatable bonds is 4. The van der Waals surface area contributed by atoms with Crippen LogP contribution in [0, 0.1) is 5.41 Å². The highest BCUT2D eigenvalue weighted by atomic mass is 32.2. The summed E-state index contributed by atoms with van der Waals surface area (Å²) in [5.41, 5.74) is 10.9. The SMILES string of the molecule is CC1(C)CN=C(C(=CN)S(=O)(=O)NC(=O)Nc2c3c(cc4c2CCC4)CCC3)OC1. The molecule has 162 valence electrons. The number of nitrogens with one attached hydrogen (secondary N) is 2. The summed E-state index contributed by atoms with van der Waals surface area (Å²) in [6.07, 6.45) is 6.75. The van der Waals surface area contributed by atoms with Crippen LogP contribution < -0.4 is 15.8 Å². The Hall–Kier alpha value is -2.55. The largest absolute Gasteiger partial charge is 0.476 e. The van der Waals surface area contributed by atoms with E-state index < -0.39 is 16.1 Å². The van der Waals surface area contributed by atoms with Crippen molar-refractivity contribution in [1.82, 2.24) is 4.72 Å². The number of carbonyl (C=O) groups is 1. The van der Waals surface area contributed by atoms with E-state index in [-0.39, 0.29) is 16.2 Å². The molecular formula is C21H28N4O4S. The number of ether oxygens (including phenoxy) is 1. The van der Waals surface area contributed by atoms with Gasteiger partial charge in [0.2, 0.25) is 5.90 Å². The van der Waals surface area contributed by atoms with E-state index in [0.717, 1.165) is 61.5 Å². The molecule has 3 aliphatic rings. The van der Waals surface area contributed by atoms with Gasteiger partial charge in [0.1, 0.15) is 0 Å². The Morgan fingerprint density at radius 2 is 1.80 bits per heavy atom. The predicted octanol–water partition coefficient (Wildman–Crippen LogP) is 2.37. The van der Waals surface area contributed by atoms with Crippen LogP contribution in [0.25, 0.3) is 0 Å². The standard InChI is InChI=1S/C21H28N4O4S/c1-21(2)11-23-19(29-12-21)17(10-22)30(27,28)25-20(26)24-18-15-7-3-5-13(15)9-14-6-4-8-16(14)18/h9-10H,3-8,11-12,22H2,1-2H3,(H2,24,25,26). The molecule has 0 aromatic heterocycles. The van der Waals surface area contributed by atoms with Gasteiger partial charge in [0, 0.05) is 17.3 Å². The summed E-state index contributed by atoms with van der Waals surface area (Å²) in [6, 6.07) is 1.44. The topological polar surface area (TPSA) is 123 Å². The summed E-state index contributed by atoms with van der Waals surface area (Å²) in [7, 11) is -4.24. The molecular weight excluding hydrogens is 404 g/mol. The van der Waals surface area contributed by atoms with Crippen LogP contribution in [0.4, 0.5) is 10.5 Å². The molecule has 0 saturated carbocycles. The Balaban J connectivity index is 1.54. The molecule has 1 aliphatic heterocycles. The number of carbonyl (C=O) groups excluding carboxylic acids is 1. The zero-order chi connectivity index (χ0) is 21.5. The third-order valence-corrected chi connectivity index (χ3v) is 7.18. The van der Waals surface area contributed by atoms with Crippen molar-refractivity contribution in [2.45, 2.75) is 52.4 Å². The van der Waals surface area contributed by atoms with Crippen LogP contribution in [0.3, 0.4) is 0 Å². The highest BCUT2D eigenvalue weighted by molar-refractivity contribution is 7.94. The van der Waals surface area contributed by atoms with Crippen molar-refractivity contribution in [3.63, 3.8) is 0 Å². The molecule has 1 aromatic carbocycles. The molecule has 0 radical (unpaired) electrons. The molecule has 4 rings (SSSR count). The molecule has 0 unspecified atom stereocenters. The first-order valence-corrected chi connectivity index (χ1v) is 11.8. The third-order valence-electron chi connectivity index (χ3n) is 5.84. The highest BCUT2D eigenvalue weighted by Crippen LogP contribution is 2.38. The number of hydrogen-bond acceptors (Lipinski definition) is 6. The van der Waals surface area contributed by atoms with E-state index >= 15 is 0 Å². The third kappa shape index (κ3) is 3.90. The minimum atomic E-state index is -4.24. The van der Waals surface area contributed by atoms with Gasteiger partial charge in [-0.3, -0.25) is 0 Å². The second-order valence-electron chi connectivity index (χ2n) is 8.90. The van der Waals surface area contributed by atoms with E-state index in [1.165, 1.54) is 11.1 Å². The summed E-state index contributed by atoms with van der Waals surface area (Å²) in [5.74, 6) is -0.0707. The maximum atomic E-state index is 12.8. The number of nitrogens with zero attached hydrogens (tertiary/aromatic N) is 1. The van der Waals surface area contributed by atoms with Crippen LogP contribution in [-0.2, 0) is 40.4 Å². The Kier molecular flexibility index (Phi) is 5.25. The van der Waals surface area contributed by atoms with E-state index in [0.29, 0.717) is 13.2 Å². The Morgan fingerprint density at radius 1 is 1.17 bits per heavy atom. The van der Waals surface area contributed by atoms with Crippen LogP contribution >= 0.6 is 0 Å². The molecule has 2 amide bonds. The second kappa shape index (κ2) is 7.61. The first-order valence-electron chi connectivity index (χ1n) is 10.3. The van der Waals surface area contributed by atoms with E-state index in [1.807, 2.05) is 13.8 Å². The number of fused-ring (bicyclic) bond motifs is 2. The fourth-order valence-electron chi connectivity index (χ4n) is 4.35. The van der Waals surface area contributed by atoms with Crippen molar-refractivity contribution in [3.05, 3.63) is 39.4 Å². The number of aliphatic imine (C=N–C) groups is 1. The lowest BCUT2D eigenvalue weighted by Gasteiger charge is -2.28. The fraction of sp³-hybridized carbons (Fsp3) is 0.524. The first kappa shape index (κ1) is 20.7. The van der Waals surface area contributed by atoms with E-state index in [2.05, 4.69) is 21.1 Å². The van der Waals surface area contributed by atoms with Gasteiger partial charge < -0.3 is 15.8 Å². The number of anilines is 1. The van der Waals surface area contributed by atoms with Crippen LogP contribution in [0.1, 0.15) is 48.9 Å². The van der Waals surface area contributed by atoms with Gasteiger partial charge in [-0.25, -0.2) is 22.9 Å². The average Bonchev–Trinajstić information content (AvgIpc) is 3.32. The molecule has 0 saturated heterocycles. The summed E-state index contributed by atoms with van der Waals surface area (Å²) >= 11 is 0. The first-order chi connectivity index (χ1) is 14.2. The highest BCUT2D eigenvalue weighted by Gasteiger charge is 2.32. The number of nitrogens with two attached hydrogens (primary N) is 1. The van der Waals surface area contributed by atoms with Gasteiger partial charge in [-0.05, 0) is 60.8 Å². The average molecular weight is 433 g/mol. The maximum absolute atomic E-state index is 12.8. The summed E-state index contributed by atoms with van der Waals surface area (Å²) in [6.45, 7) is 4.66. The van der Waals surface area contributed by atoms with Gasteiger partial charge in [0.05, 0.1) is 13.2 Å². The minimum absolute atomic E-state index is 0.0707. The van der Waals surface area contributed by atoms with E-state index in [4.69, 9.17) is 10.5 Å². The lowest BCUT2D eigenvalue weighted by molar-refractivity contribution is 0.157. The number of benzene rings is 1. The smallest absolute Gasteiger partial charge is 0.333 e. The summed E-state index contributed by atoms with van der Waals surface area (Å²) < 4.78 is 33.2. The molecule has 30 heavy (non-hydrogen) atoms. The Morgan fingerprint density at radius 3 is 2.33 bits per heavy atom. The molecule has 9 heteroatoms. The number of amides is 2. The molecule has 1 heterocycles. The van der Waals surface area contributed by atoms with Crippen molar-refractivity contribution in [3.8, 4) is 0 Å². The van der Waals surface area contributed by atoms with Gasteiger partial charge in [-0.15, -0.1) is 0 Å². The van der Waals surface area contributed by atoms with Crippen LogP contribution in [0.2, 0.25) is 0 Å². The Bertz CT molecular complexity index is 1030. The van der Waals surface area contributed by atoms with Crippen molar-refractivity contribution >= 4 is 27.6 Å². The molecule has 0 bridgehead atoms. The minimum Gasteiger partial charge on any atom is -0.476 e. The van der Waals surface area contributed by atoms with Crippen molar-refractivity contribution < 1.29 is 17.9 Å². The quantitative estimate of drug-likeness (QED) is 0.674. The van der Waals surface area contributed by atoms with Gasteiger partial charge in [-0.2, -0.15) is 0 Å². The fourth-order valence-corrected chi connectivity index (χ4v) is 5.29. The van der Waals surface area contributed by atoms with Crippen LogP contribution in [0.15, 0.2) is 22.2 Å². The molecule has 2 aliphatic carbocycles. The van der Waals surface area contributed by atoms with Crippen LogP contribution in [-0.4, -0.2) is 33.5 Å². The summed E-state index contributed by atoms with van der Waals surface area (Å²) in [4.78, 5) is 16.5. The molecule has 1 aromatic rings. The van der Waals surface area contributed by atoms with Gasteiger partial charge >= 0.3 is 6.03 Å². The molecule has 4 N–H and O–H groups in total. The van der Waals surface area contributed by atoms with Gasteiger partial charge in [0.15, 0.2) is 4.91 Å². The van der Waals surface area contributed by atoms with Crippen molar-refractivity contribution in [1.29, 1.82) is 0 Å². The molecule has 0 spiro atoms. The van der Waals surface area contributed by atoms with Gasteiger partial charge in [0.25, 0.3) is 10.0 Å². The van der Waals surface area contributed by atoms with Crippen molar-refractivity contribution in [2.24, 2.45) is 16.1 Å². The molecule has 8 nitrogen and oxygen atoms in total. The number of aryl methyl sites for hydroxylation is 2. The zero-order valence-electron chi connectivity index (χ0n) is 17.4. The number of urea groups is 1. The molecule has 0 atom stereocenters. The predicted molar refractivity (Wildman–Crippen MR) is 116 cm³/mol. The summed E-state index contributed by atoms with van der Waals surface area (Å²) in [5, 5.41) is 2.82. The lowest BCUT2D eigenvalue weighted by Crippen LogP contribution is -2.40. The maximum Gasteiger partial charge on any atom is 0.333 e. The van der Waals surface area contributed by atoms with Crippen LogP contribution in [0.5, 0.6) is 0 Å². The lowest BCUT2D eigenvalue weighted by atomic mass is 9.94. The normalized spacial score (nSPS) is 20.1. The number of sulfonamides is 1. The monoisotopic (exact) mass is 432 g/mol. The number of hydrogen-bond donors (Lipinski definition) is 3. The van der Waals surface area contributed by atoms with E-state index in [9.17, 15) is 13.2 Å².